The maximum absolute atomic E-state index is 12.6. The molecule has 0 saturated heterocycles. The third kappa shape index (κ3) is 3.19. The lowest BCUT2D eigenvalue weighted by Gasteiger charge is -2.08. The van der Waals surface area contributed by atoms with Crippen molar-refractivity contribution in [3.05, 3.63) is 77.1 Å². The summed E-state index contributed by atoms with van der Waals surface area (Å²) in [5.74, 6) is 1.48. The van der Waals surface area contributed by atoms with Crippen molar-refractivity contribution in [2.45, 2.75) is 13.8 Å². The molecule has 0 radical (unpaired) electrons. The molecule has 0 spiro atoms. The minimum Gasteiger partial charge on any atom is -0.489 e. The fourth-order valence-corrected chi connectivity index (χ4v) is 2.47. The maximum atomic E-state index is 12.6. The van der Waals surface area contributed by atoms with Crippen LogP contribution < -0.4 is 9.47 Å². The van der Waals surface area contributed by atoms with Crippen molar-refractivity contribution in [2.24, 2.45) is 0 Å². The summed E-state index contributed by atoms with van der Waals surface area (Å²) in [5.41, 5.74) is 3.32. The summed E-state index contributed by atoms with van der Waals surface area (Å²) in [5, 5.41) is 0. The fraction of sp³-hybridized carbons (Fsp3) is 0.150. The van der Waals surface area contributed by atoms with Crippen LogP contribution in [0.15, 0.2) is 60.4 Å². The topological polar surface area (TPSA) is 35.5 Å². The highest BCUT2D eigenvalue weighted by Gasteiger charge is 2.29. The van der Waals surface area contributed by atoms with E-state index in [4.69, 9.17) is 9.47 Å². The van der Waals surface area contributed by atoms with Gasteiger partial charge in [0, 0.05) is 6.07 Å². The normalized spacial score (nSPS) is 14.5. The predicted octanol–water partition coefficient (Wildman–Crippen LogP) is 4.57. The van der Waals surface area contributed by atoms with E-state index in [1.54, 1.807) is 12.1 Å². The molecule has 3 rings (SSSR count). The van der Waals surface area contributed by atoms with Crippen molar-refractivity contribution in [3.8, 4) is 11.5 Å². The fourth-order valence-electron chi connectivity index (χ4n) is 2.47. The standard InChI is InChI=1S/C20H18O3/c1-13(2)12-22-16-9-14(3)19-17(11-16)23-18(20(19)21)10-15-7-5-4-6-8-15/h4-11H,1,12H2,2-3H3/b18-10-. The van der Waals surface area contributed by atoms with Crippen LogP contribution in [-0.4, -0.2) is 12.4 Å². The lowest BCUT2D eigenvalue weighted by molar-refractivity contribution is 0.101. The van der Waals surface area contributed by atoms with Gasteiger partial charge in [0.1, 0.15) is 18.1 Å². The van der Waals surface area contributed by atoms with Gasteiger partial charge in [-0.3, -0.25) is 4.79 Å². The van der Waals surface area contributed by atoms with E-state index in [9.17, 15) is 4.79 Å². The number of aryl methyl sites for hydroxylation is 1. The number of hydrogen-bond acceptors (Lipinski definition) is 3. The molecule has 1 aliphatic heterocycles. The van der Waals surface area contributed by atoms with Gasteiger partial charge in [-0.05, 0) is 42.7 Å². The smallest absolute Gasteiger partial charge is 0.232 e. The van der Waals surface area contributed by atoms with E-state index in [0.717, 1.165) is 16.7 Å². The van der Waals surface area contributed by atoms with Gasteiger partial charge in [-0.15, -0.1) is 0 Å². The van der Waals surface area contributed by atoms with Crippen molar-refractivity contribution in [1.29, 1.82) is 0 Å². The molecule has 2 aromatic carbocycles. The summed E-state index contributed by atoms with van der Waals surface area (Å²) >= 11 is 0. The van der Waals surface area contributed by atoms with Crippen LogP contribution >= 0.6 is 0 Å². The zero-order valence-electron chi connectivity index (χ0n) is 13.3. The Labute approximate surface area is 135 Å². The Morgan fingerprint density at radius 3 is 2.70 bits per heavy atom. The first-order chi connectivity index (χ1) is 11.0. The Morgan fingerprint density at radius 2 is 2.00 bits per heavy atom. The van der Waals surface area contributed by atoms with Crippen molar-refractivity contribution in [3.63, 3.8) is 0 Å². The van der Waals surface area contributed by atoms with Crippen LogP contribution in [0.1, 0.15) is 28.4 Å². The molecule has 0 bridgehead atoms. The summed E-state index contributed by atoms with van der Waals surface area (Å²) < 4.78 is 11.4. The van der Waals surface area contributed by atoms with Crippen LogP contribution in [-0.2, 0) is 0 Å². The third-order valence-corrected chi connectivity index (χ3v) is 3.53. The Balaban J connectivity index is 1.91. The third-order valence-electron chi connectivity index (χ3n) is 3.53. The molecule has 2 aromatic rings. The zero-order valence-corrected chi connectivity index (χ0v) is 13.3. The molecular weight excluding hydrogens is 288 g/mol. The molecule has 0 fully saturated rings. The lowest BCUT2D eigenvalue weighted by atomic mass is 10.0. The molecular formula is C20H18O3. The van der Waals surface area contributed by atoms with Crippen LogP contribution in [0, 0.1) is 6.92 Å². The number of ether oxygens (including phenoxy) is 2. The minimum absolute atomic E-state index is 0.0900. The molecule has 0 saturated carbocycles. The van der Waals surface area contributed by atoms with Gasteiger partial charge in [-0.1, -0.05) is 36.9 Å². The van der Waals surface area contributed by atoms with E-state index in [2.05, 4.69) is 6.58 Å². The van der Waals surface area contributed by atoms with Crippen LogP contribution in [0.25, 0.3) is 6.08 Å². The summed E-state index contributed by atoms with van der Waals surface area (Å²) in [6.07, 6.45) is 1.76. The molecule has 0 aliphatic carbocycles. The number of carbonyl (C=O) groups excluding carboxylic acids is 1. The minimum atomic E-state index is -0.0900. The van der Waals surface area contributed by atoms with Crippen molar-refractivity contribution in [1.82, 2.24) is 0 Å². The van der Waals surface area contributed by atoms with Gasteiger partial charge < -0.3 is 9.47 Å². The van der Waals surface area contributed by atoms with Crippen molar-refractivity contribution >= 4 is 11.9 Å². The van der Waals surface area contributed by atoms with Crippen molar-refractivity contribution in [2.75, 3.05) is 6.61 Å². The summed E-state index contributed by atoms with van der Waals surface area (Å²) in [6, 6.07) is 13.3. The lowest BCUT2D eigenvalue weighted by Crippen LogP contribution is -2.00. The van der Waals surface area contributed by atoms with Gasteiger partial charge in [0.05, 0.1) is 5.56 Å². The van der Waals surface area contributed by atoms with E-state index in [1.165, 1.54) is 0 Å². The first-order valence-electron chi connectivity index (χ1n) is 7.46. The highest BCUT2D eigenvalue weighted by atomic mass is 16.5. The zero-order chi connectivity index (χ0) is 16.4. The monoisotopic (exact) mass is 306 g/mol. The van der Waals surface area contributed by atoms with Crippen molar-refractivity contribution < 1.29 is 14.3 Å². The number of benzene rings is 2. The quantitative estimate of drug-likeness (QED) is 0.613. The molecule has 1 heterocycles. The van der Waals surface area contributed by atoms with Gasteiger partial charge >= 0.3 is 0 Å². The summed E-state index contributed by atoms with van der Waals surface area (Å²) in [4.78, 5) is 12.6. The second-order valence-corrected chi connectivity index (χ2v) is 5.71. The van der Waals surface area contributed by atoms with Gasteiger partial charge in [-0.25, -0.2) is 0 Å². The number of ketones is 1. The number of carbonyl (C=O) groups is 1. The molecule has 0 aromatic heterocycles. The maximum Gasteiger partial charge on any atom is 0.232 e. The SMILES string of the molecule is C=C(C)COc1cc(C)c2c(c1)O/C(=C\c1ccccc1)C2=O. The van der Waals surface area contributed by atoms with E-state index < -0.39 is 0 Å². The number of allylic oxidation sites excluding steroid dienone is 1. The van der Waals surface area contributed by atoms with E-state index in [0.29, 0.717) is 29.4 Å². The summed E-state index contributed by atoms with van der Waals surface area (Å²) in [7, 11) is 0. The molecule has 3 heteroatoms. The van der Waals surface area contributed by atoms with Gasteiger partial charge in [0.2, 0.25) is 5.78 Å². The molecule has 0 N–H and O–H groups in total. The first-order valence-corrected chi connectivity index (χ1v) is 7.46. The number of hydrogen-bond donors (Lipinski definition) is 0. The van der Waals surface area contributed by atoms with Crippen LogP contribution in [0.3, 0.4) is 0 Å². The van der Waals surface area contributed by atoms with E-state index in [-0.39, 0.29) is 5.78 Å². The molecule has 0 atom stereocenters. The largest absolute Gasteiger partial charge is 0.489 e. The Bertz CT molecular complexity index is 801. The van der Waals surface area contributed by atoms with Crippen LogP contribution in [0.4, 0.5) is 0 Å². The number of rotatable bonds is 4. The molecule has 3 nitrogen and oxygen atoms in total. The van der Waals surface area contributed by atoms with Gasteiger partial charge in [0.15, 0.2) is 5.76 Å². The Morgan fingerprint density at radius 1 is 1.26 bits per heavy atom. The Hall–Kier alpha value is -2.81. The average molecular weight is 306 g/mol. The van der Waals surface area contributed by atoms with E-state index >= 15 is 0 Å². The molecule has 1 aliphatic rings. The van der Waals surface area contributed by atoms with E-state index in [1.807, 2.05) is 50.2 Å². The van der Waals surface area contributed by atoms with Crippen LogP contribution in [0.5, 0.6) is 11.5 Å². The second-order valence-electron chi connectivity index (χ2n) is 5.71. The predicted molar refractivity (Wildman–Crippen MR) is 90.9 cm³/mol. The Kier molecular flexibility index (Phi) is 4.02. The molecule has 23 heavy (non-hydrogen) atoms. The first kappa shape index (κ1) is 15.1. The highest BCUT2D eigenvalue weighted by molar-refractivity contribution is 6.15. The highest BCUT2D eigenvalue weighted by Crippen LogP contribution is 2.37. The van der Waals surface area contributed by atoms with Gasteiger partial charge in [-0.2, -0.15) is 0 Å². The summed E-state index contributed by atoms with van der Waals surface area (Å²) in [6.45, 7) is 8.05. The van der Waals surface area contributed by atoms with Crippen LogP contribution in [0.2, 0.25) is 0 Å². The molecule has 0 unspecified atom stereocenters. The average Bonchev–Trinajstić information content (AvgIpc) is 2.83. The second kappa shape index (κ2) is 6.13. The van der Waals surface area contributed by atoms with Gasteiger partial charge in [0.25, 0.3) is 0 Å². The molecule has 116 valence electrons. The molecule has 0 amide bonds. The number of Topliss-reactive ketones (excluding diaryl/α,β-unsaturated/α-hetero) is 1. The number of fused-ring (bicyclic) bond motifs is 1.